The van der Waals surface area contributed by atoms with Gasteiger partial charge in [0.05, 0.1) is 0 Å². The molecule has 48 valence electrons. The van der Waals surface area contributed by atoms with Crippen LogP contribution in [0.2, 0.25) is 0 Å². The first-order valence-electron chi connectivity index (χ1n) is 1.36. The van der Waals surface area contributed by atoms with Crippen molar-refractivity contribution in [2.75, 3.05) is 0 Å². The van der Waals surface area contributed by atoms with E-state index in [1.54, 1.807) is 0 Å². The predicted octanol–water partition coefficient (Wildman–Crippen LogP) is -2.66. The van der Waals surface area contributed by atoms with Crippen molar-refractivity contribution in [2.45, 2.75) is 0 Å². The molecule has 5 nitrogen and oxygen atoms in total. The fourth-order valence-corrected chi connectivity index (χ4v) is 0.0915. The van der Waals surface area contributed by atoms with Crippen LogP contribution in [0.15, 0.2) is 0 Å². The van der Waals surface area contributed by atoms with Crippen LogP contribution in [-0.2, 0) is 0 Å². The molecule has 0 spiro atoms. The Morgan fingerprint density at radius 3 is 1.00 bits per heavy atom. The summed E-state index contributed by atoms with van der Waals surface area (Å²) >= 11 is 0. The molecule has 0 aromatic heterocycles. The minimum absolute atomic E-state index is 0. The van der Waals surface area contributed by atoms with Gasteiger partial charge in [-0.2, -0.15) is 0 Å². The third-order valence-electron chi connectivity index (χ3n) is 0.214. The van der Waals surface area contributed by atoms with E-state index in [9.17, 15) is 9.59 Å². The number of carbonyl (C=O) groups is 2. The topological polar surface area (TPSA) is 86.6 Å². The van der Waals surface area contributed by atoms with Gasteiger partial charge in [0.2, 0.25) is 0 Å². The number of amides is 2. The van der Waals surface area contributed by atoms with Gasteiger partial charge in [-0.25, -0.2) is 14.9 Å². The van der Waals surface area contributed by atoms with Crippen molar-refractivity contribution < 1.29 is 19.8 Å². The van der Waals surface area contributed by atoms with E-state index < -0.39 is 12.2 Å². The van der Waals surface area contributed by atoms with Crippen LogP contribution in [0, 0.1) is 0 Å². The van der Waals surface area contributed by atoms with Gasteiger partial charge in [0.1, 0.15) is 0 Å². The van der Waals surface area contributed by atoms with Crippen molar-refractivity contribution in [1.29, 1.82) is 0 Å². The molecule has 0 rings (SSSR count). The van der Waals surface area contributed by atoms with Crippen LogP contribution in [0.1, 0.15) is 0 Å². The second kappa shape index (κ2) is 18.5. The maximum absolute atomic E-state index is 9.32. The number of nitrogens with one attached hydrogen (secondary N) is 1. The summed E-state index contributed by atoms with van der Waals surface area (Å²) in [6.45, 7) is 0. The molecule has 3 N–H and O–H groups in total. The number of rotatable bonds is 0. The van der Waals surface area contributed by atoms with Crippen molar-refractivity contribution in [3.05, 3.63) is 0 Å². The van der Waals surface area contributed by atoms with Crippen LogP contribution in [0.5, 0.6) is 0 Å². The Kier molecular flexibility index (Phi) is 49.1. The Hall–Kier alpha value is 2.74. The Balaban J connectivity index is -0.0000000300. The van der Waals surface area contributed by atoms with Crippen molar-refractivity contribution in [3.63, 3.8) is 0 Å². The Morgan fingerprint density at radius 1 is 0.818 bits per heavy atom. The molecular weight excluding hydrogens is 194 g/mol. The van der Waals surface area contributed by atoms with Crippen molar-refractivity contribution in [2.24, 2.45) is 0 Å². The van der Waals surface area contributed by atoms with Crippen LogP contribution in [0.4, 0.5) is 9.59 Å². The van der Waals surface area contributed by atoms with E-state index in [0.717, 1.165) is 5.32 Å². The molecule has 9 heteroatoms. The van der Waals surface area contributed by atoms with Crippen LogP contribution in [-0.4, -0.2) is 141 Å². The quantitative estimate of drug-likeness (QED) is 0.373. The van der Waals surface area contributed by atoms with E-state index in [1.807, 2.05) is 0 Å². The number of carboxylic acid groups (broad SMARTS) is 2. The first-order valence-corrected chi connectivity index (χ1v) is 1.36. The van der Waals surface area contributed by atoms with Crippen molar-refractivity contribution in [3.8, 4) is 0 Å². The molecule has 0 fully saturated rings. The van der Waals surface area contributed by atoms with Crippen molar-refractivity contribution >= 4 is 130 Å². The first kappa shape index (κ1) is 29.2. The van der Waals surface area contributed by atoms with E-state index in [0.29, 0.717) is 0 Å². The summed E-state index contributed by atoms with van der Waals surface area (Å²) in [6, 6.07) is 0. The van der Waals surface area contributed by atoms with E-state index in [-0.39, 0.29) is 118 Å². The maximum atomic E-state index is 9.32. The fourth-order valence-electron chi connectivity index (χ4n) is 0.0915. The zero-order valence-corrected chi connectivity index (χ0v) is 3.21. The molecule has 0 bridgehead atoms. The summed E-state index contributed by atoms with van der Waals surface area (Å²) in [5.74, 6) is 0. The molecular formula is C2H7NNa4O4. The number of imide groups is 1. The van der Waals surface area contributed by atoms with E-state index in [1.165, 1.54) is 0 Å². The number of hydrogen-bond acceptors (Lipinski definition) is 2. The predicted molar refractivity (Wildman–Crippen MR) is 47.8 cm³/mol. The normalized spacial score (nSPS) is 4.73. The molecule has 2 amide bonds. The molecule has 0 aliphatic rings. The van der Waals surface area contributed by atoms with Crippen LogP contribution < -0.4 is 5.32 Å². The molecule has 0 aromatic carbocycles. The Labute approximate surface area is 152 Å². The molecule has 0 heterocycles. The summed E-state index contributed by atoms with van der Waals surface area (Å²) in [4.78, 5) is 18.6. The van der Waals surface area contributed by atoms with Gasteiger partial charge in [0.25, 0.3) is 0 Å². The molecule has 0 aliphatic heterocycles. The van der Waals surface area contributed by atoms with E-state index >= 15 is 0 Å². The van der Waals surface area contributed by atoms with Gasteiger partial charge in [0, 0.05) is 0 Å². The molecule has 0 radical (unpaired) electrons. The van der Waals surface area contributed by atoms with Gasteiger partial charge in [-0.3, -0.25) is 0 Å². The Bertz CT molecular complexity index is 96.3. The molecule has 0 unspecified atom stereocenters. The standard InChI is InChI=1S/C2H3NO4.4Na.4H/c4-1(5)3-2(6)7;;;;;;;;/h3H,(H,4,5)(H,6,7);;;;;;;;. The average molecular weight is 201 g/mol. The van der Waals surface area contributed by atoms with Crippen LogP contribution >= 0.6 is 0 Å². The monoisotopic (exact) mass is 201 g/mol. The van der Waals surface area contributed by atoms with Gasteiger partial charge in [-0.15, -0.1) is 0 Å². The summed E-state index contributed by atoms with van der Waals surface area (Å²) in [5.41, 5.74) is 0. The zero-order chi connectivity index (χ0) is 5.86. The van der Waals surface area contributed by atoms with E-state index in [2.05, 4.69) is 0 Å². The average Bonchev–Trinajstić information content (AvgIpc) is 1.27. The molecule has 0 aliphatic carbocycles. The van der Waals surface area contributed by atoms with Crippen LogP contribution in [0.25, 0.3) is 0 Å². The minimum atomic E-state index is -1.56. The summed E-state index contributed by atoms with van der Waals surface area (Å²) < 4.78 is 0. The first-order chi connectivity index (χ1) is 3.13. The zero-order valence-electron chi connectivity index (χ0n) is 3.21. The molecule has 0 saturated carbocycles. The summed E-state index contributed by atoms with van der Waals surface area (Å²) in [5, 5.41) is 16.3. The fraction of sp³-hybridized carbons (Fsp3) is 0. The molecule has 11 heavy (non-hydrogen) atoms. The van der Waals surface area contributed by atoms with Gasteiger partial charge in [-0.05, 0) is 0 Å². The van der Waals surface area contributed by atoms with Crippen molar-refractivity contribution in [1.82, 2.24) is 5.32 Å². The van der Waals surface area contributed by atoms with Gasteiger partial charge in [0.15, 0.2) is 0 Å². The summed E-state index contributed by atoms with van der Waals surface area (Å²) in [7, 11) is 0. The van der Waals surface area contributed by atoms with E-state index in [4.69, 9.17) is 10.2 Å². The Morgan fingerprint density at radius 2 is 1.00 bits per heavy atom. The molecule has 0 aromatic rings. The molecule has 0 saturated heterocycles. The van der Waals surface area contributed by atoms with Gasteiger partial charge in [-0.1, -0.05) is 0 Å². The second-order valence-corrected chi connectivity index (χ2v) is 0.735. The third kappa shape index (κ3) is 32.3. The molecule has 0 atom stereocenters. The summed E-state index contributed by atoms with van der Waals surface area (Å²) in [6.07, 6.45) is -3.12. The van der Waals surface area contributed by atoms with Crippen LogP contribution in [0.3, 0.4) is 0 Å². The third-order valence-corrected chi connectivity index (χ3v) is 0.214. The SMILES string of the molecule is O=C(O)NC(=O)O.[NaH].[NaH].[NaH].[NaH]. The second-order valence-electron chi connectivity index (χ2n) is 0.735. The number of hydrogen-bond donors (Lipinski definition) is 3. The van der Waals surface area contributed by atoms with Gasteiger partial charge >= 0.3 is 130 Å². The van der Waals surface area contributed by atoms with Gasteiger partial charge < -0.3 is 10.2 Å².